The van der Waals surface area contributed by atoms with Crippen molar-refractivity contribution in [2.75, 3.05) is 6.61 Å². The first kappa shape index (κ1) is 16.2. The smallest absolute Gasteiger partial charge is 0.184 e. The highest BCUT2D eigenvalue weighted by Gasteiger charge is 2.20. The molecule has 1 aromatic heterocycles. The first-order valence-corrected chi connectivity index (χ1v) is 8.07. The summed E-state index contributed by atoms with van der Waals surface area (Å²) in [4.78, 5) is 5.51. The molecule has 0 aliphatic heterocycles. The molecule has 2 aromatic rings. The molecule has 0 unspecified atom stereocenters. The zero-order valence-corrected chi connectivity index (χ0v) is 14.2. The van der Waals surface area contributed by atoms with E-state index in [2.05, 4.69) is 25.8 Å². The van der Waals surface area contributed by atoms with Gasteiger partial charge in [0.1, 0.15) is 0 Å². The van der Waals surface area contributed by atoms with Crippen molar-refractivity contribution < 1.29 is 9.13 Å². The molecule has 0 atom stereocenters. The minimum Gasteiger partial charge on any atom is -0.491 e. The Morgan fingerprint density at radius 3 is 2.67 bits per heavy atom. The van der Waals surface area contributed by atoms with Crippen molar-refractivity contribution in [3.63, 3.8) is 0 Å². The van der Waals surface area contributed by atoms with Crippen LogP contribution < -0.4 is 4.74 Å². The van der Waals surface area contributed by atoms with Crippen LogP contribution >= 0.6 is 22.9 Å². The highest BCUT2D eigenvalue weighted by Crippen LogP contribution is 2.36. The molecule has 2 nitrogen and oxygen atoms in total. The van der Waals surface area contributed by atoms with Crippen LogP contribution in [0.5, 0.6) is 5.75 Å². The van der Waals surface area contributed by atoms with Crippen molar-refractivity contribution in [3.8, 4) is 17.0 Å². The molecule has 0 spiro atoms. The lowest BCUT2D eigenvalue weighted by atomic mass is 9.90. The molecule has 0 saturated carbocycles. The maximum absolute atomic E-state index is 13.7. The molecular formula is C16H19ClFNOS. The van der Waals surface area contributed by atoms with Gasteiger partial charge in [-0.3, -0.25) is 0 Å². The van der Waals surface area contributed by atoms with Crippen LogP contribution in [-0.2, 0) is 6.42 Å². The van der Waals surface area contributed by atoms with Crippen molar-refractivity contribution in [1.29, 1.82) is 0 Å². The zero-order valence-electron chi connectivity index (χ0n) is 12.7. The Hall–Kier alpha value is -1.13. The molecule has 0 saturated heterocycles. The van der Waals surface area contributed by atoms with Crippen molar-refractivity contribution >= 4 is 22.9 Å². The fourth-order valence-electron chi connectivity index (χ4n) is 2.07. The van der Waals surface area contributed by atoms with Crippen molar-refractivity contribution in [2.24, 2.45) is 5.41 Å². The fraction of sp³-hybridized carbons (Fsp3) is 0.438. The Kier molecular flexibility index (Phi) is 4.89. The van der Waals surface area contributed by atoms with E-state index in [9.17, 15) is 4.39 Å². The maximum atomic E-state index is 13.7. The van der Waals surface area contributed by atoms with E-state index in [4.69, 9.17) is 16.3 Å². The predicted octanol–water partition coefficient (Wildman–Crippen LogP) is 5.59. The number of thiazole rings is 1. The Bertz CT molecular complexity index is 634. The Labute approximate surface area is 133 Å². The summed E-state index contributed by atoms with van der Waals surface area (Å²) in [6.07, 6.45) is 0.869. The molecule has 0 bridgehead atoms. The molecule has 0 N–H and O–H groups in total. The first-order valence-electron chi connectivity index (χ1n) is 6.88. The predicted molar refractivity (Wildman–Crippen MR) is 86.8 cm³/mol. The minimum absolute atomic E-state index is 0.132. The SMILES string of the molecule is CCOc1cc(-c2nc(Cl)sc2CC(C)(C)C)ccc1F. The second-order valence-corrected chi connectivity index (χ2v) is 7.72. The maximum Gasteiger partial charge on any atom is 0.184 e. The van der Waals surface area contributed by atoms with Crippen LogP contribution in [0.1, 0.15) is 32.6 Å². The van der Waals surface area contributed by atoms with Crippen molar-refractivity contribution in [3.05, 3.63) is 33.4 Å². The minimum atomic E-state index is -0.362. The van der Waals surface area contributed by atoms with Gasteiger partial charge in [0.2, 0.25) is 0 Å². The summed E-state index contributed by atoms with van der Waals surface area (Å²) in [7, 11) is 0. The quantitative estimate of drug-likeness (QED) is 0.730. The van der Waals surface area contributed by atoms with Gasteiger partial charge in [-0.25, -0.2) is 9.37 Å². The van der Waals surface area contributed by atoms with Crippen LogP contribution in [0, 0.1) is 11.2 Å². The molecular weight excluding hydrogens is 309 g/mol. The van der Waals surface area contributed by atoms with E-state index >= 15 is 0 Å². The van der Waals surface area contributed by atoms with E-state index < -0.39 is 0 Å². The number of aromatic nitrogens is 1. The zero-order chi connectivity index (χ0) is 15.6. The number of rotatable bonds is 4. The third-order valence-corrected chi connectivity index (χ3v) is 4.03. The van der Waals surface area contributed by atoms with E-state index in [1.807, 2.05) is 6.92 Å². The van der Waals surface area contributed by atoms with Gasteiger partial charge in [-0.05, 0) is 37.0 Å². The average molecular weight is 328 g/mol. The molecule has 0 radical (unpaired) electrons. The number of nitrogens with zero attached hydrogens (tertiary/aromatic N) is 1. The fourth-order valence-corrected chi connectivity index (χ4v) is 3.54. The summed E-state index contributed by atoms with van der Waals surface area (Å²) in [5, 5.41) is 0. The van der Waals surface area contributed by atoms with Crippen LogP contribution in [-0.4, -0.2) is 11.6 Å². The lowest BCUT2D eigenvalue weighted by Gasteiger charge is -2.17. The molecule has 0 aliphatic rings. The lowest BCUT2D eigenvalue weighted by molar-refractivity contribution is 0.321. The van der Waals surface area contributed by atoms with Crippen molar-refractivity contribution in [2.45, 2.75) is 34.1 Å². The van der Waals surface area contributed by atoms with E-state index in [0.29, 0.717) is 11.1 Å². The summed E-state index contributed by atoms with van der Waals surface area (Å²) in [5.74, 6) is -0.111. The van der Waals surface area contributed by atoms with Crippen LogP contribution in [0.2, 0.25) is 4.47 Å². The third-order valence-electron chi connectivity index (χ3n) is 2.87. The Morgan fingerprint density at radius 2 is 2.05 bits per heavy atom. The van der Waals surface area contributed by atoms with Gasteiger partial charge in [-0.2, -0.15) is 0 Å². The molecule has 114 valence electrons. The summed E-state index contributed by atoms with van der Waals surface area (Å²) < 4.78 is 19.5. The van der Waals surface area contributed by atoms with Gasteiger partial charge < -0.3 is 4.74 Å². The topological polar surface area (TPSA) is 22.1 Å². The molecule has 0 amide bonds. The molecule has 0 aliphatic carbocycles. The van der Waals surface area contributed by atoms with E-state index in [1.165, 1.54) is 17.4 Å². The van der Waals surface area contributed by atoms with Gasteiger partial charge in [0.25, 0.3) is 0 Å². The van der Waals surface area contributed by atoms with Crippen LogP contribution in [0.15, 0.2) is 18.2 Å². The molecule has 5 heteroatoms. The lowest BCUT2D eigenvalue weighted by Crippen LogP contribution is -2.08. The van der Waals surface area contributed by atoms with Crippen LogP contribution in [0.25, 0.3) is 11.3 Å². The third kappa shape index (κ3) is 4.17. The van der Waals surface area contributed by atoms with E-state index in [-0.39, 0.29) is 17.0 Å². The number of hydrogen-bond acceptors (Lipinski definition) is 3. The van der Waals surface area contributed by atoms with Gasteiger partial charge in [0.05, 0.1) is 12.3 Å². The number of halogens is 2. The first-order chi connectivity index (χ1) is 9.80. The van der Waals surface area contributed by atoms with Gasteiger partial charge in [0.15, 0.2) is 16.0 Å². The summed E-state index contributed by atoms with van der Waals surface area (Å²) in [6.45, 7) is 8.76. The summed E-state index contributed by atoms with van der Waals surface area (Å²) in [6, 6.07) is 4.82. The van der Waals surface area contributed by atoms with Gasteiger partial charge >= 0.3 is 0 Å². The monoisotopic (exact) mass is 327 g/mol. The number of ether oxygens (including phenoxy) is 1. The summed E-state index contributed by atoms with van der Waals surface area (Å²) in [5.41, 5.74) is 1.79. The molecule has 1 heterocycles. The Morgan fingerprint density at radius 1 is 1.33 bits per heavy atom. The van der Waals surface area contributed by atoms with E-state index in [1.54, 1.807) is 12.1 Å². The van der Waals surface area contributed by atoms with Gasteiger partial charge in [0, 0.05) is 10.4 Å². The number of benzene rings is 1. The van der Waals surface area contributed by atoms with Gasteiger partial charge in [-0.1, -0.05) is 32.4 Å². The van der Waals surface area contributed by atoms with E-state index in [0.717, 1.165) is 22.6 Å². The molecule has 0 fully saturated rings. The largest absolute Gasteiger partial charge is 0.491 e. The molecule has 2 rings (SSSR count). The van der Waals surface area contributed by atoms with Crippen LogP contribution in [0.3, 0.4) is 0 Å². The normalized spacial score (nSPS) is 11.7. The standard InChI is InChI=1S/C16H19ClFNOS/c1-5-20-12-8-10(6-7-11(12)18)14-13(9-16(2,3)4)21-15(17)19-14/h6-8H,5,9H2,1-4H3. The highest BCUT2D eigenvalue weighted by atomic mass is 35.5. The van der Waals surface area contributed by atoms with Gasteiger partial charge in [-0.15, -0.1) is 11.3 Å². The Balaban J connectivity index is 2.44. The average Bonchev–Trinajstić information content (AvgIpc) is 2.71. The summed E-state index contributed by atoms with van der Waals surface area (Å²) >= 11 is 7.56. The van der Waals surface area contributed by atoms with Crippen LogP contribution in [0.4, 0.5) is 4.39 Å². The highest BCUT2D eigenvalue weighted by molar-refractivity contribution is 7.16. The second-order valence-electron chi connectivity index (χ2n) is 6.05. The van der Waals surface area contributed by atoms with Crippen molar-refractivity contribution in [1.82, 2.24) is 4.98 Å². The molecule has 1 aromatic carbocycles. The number of hydrogen-bond donors (Lipinski definition) is 0. The second kappa shape index (κ2) is 6.32. The molecule has 21 heavy (non-hydrogen) atoms.